The lowest BCUT2D eigenvalue weighted by atomic mass is 9.91. The highest BCUT2D eigenvalue weighted by atomic mass is 16.7. The highest BCUT2D eigenvalue weighted by Crippen LogP contribution is 2.49. The van der Waals surface area contributed by atoms with Gasteiger partial charge in [0.05, 0.1) is 32.8 Å². The van der Waals surface area contributed by atoms with Crippen LogP contribution in [0.2, 0.25) is 0 Å². The molecule has 4 rings (SSSR count). The fraction of sp³-hybridized carbons (Fsp3) is 0.462. The zero-order valence-electron chi connectivity index (χ0n) is 20.4. The SMILES string of the molecule is COC/C=C/c1cc2c(cc1O[C@H]1O[C@@H](CO)[C@H](O)[C@@H](O)[C@@H]1O)[C@@H](CO)[C@@H](c1ccc(O)c(OC)c1)O2. The summed E-state index contributed by atoms with van der Waals surface area (Å²) >= 11 is 0. The average Bonchev–Trinajstić information content (AvgIpc) is 3.26. The van der Waals surface area contributed by atoms with Crippen molar-refractivity contribution in [3.8, 4) is 23.0 Å². The number of hydrogen-bond donors (Lipinski definition) is 6. The van der Waals surface area contributed by atoms with E-state index >= 15 is 0 Å². The van der Waals surface area contributed by atoms with E-state index in [2.05, 4.69) is 0 Å². The van der Waals surface area contributed by atoms with Gasteiger partial charge in [-0.3, -0.25) is 0 Å². The van der Waals surface area contributed by atoms with Crippen molar-refractivity contribution in [2.45, 2.75) is 42.7 Å². The summed E-state index contributed by atoms with van der Waals surface area (Å²) in [6.45, 7) is -0.542. The van der Waals surface area contributed by atoms with Gasteiger partial charge in [0.25, 0.3) is 0 Å². The second-order valence-corrected chi connectivity index (χ2v) is 8.86. The van der Waals surface area contributed by atoms with Crippen molar-refractivity contribution in [3.05, 3.63) is 53.1 Å². The van der Waals surface area contributed by atoms with E-state index in [1.807, 2.05) is 0 Å². The topological polar surface area (TPSA) is 168 Å². The smallest absolute Gasteiger partial charge is 0.229 e. The Kier molecular flexibility index (Phi) is 8.55. The molecule has 1 fully saturated rings. The number of methoxy groups -OCH3 is 2. The first-order chi connectivity index (χ1) is 17.8. The molecule has 0 amide bonds. The minimum atomic E-state index is -1.60. The maximum Gasteiger partial charge on any atom is 0.229 e. The number of rotatable bonds is 9. The summed E-state index contributed by atoms with van der Waals surface area (Å²) < 4.78 is 28.0. The fourth-order valence-electron chi connectivity index (χ4n) is 4.52. The molecule has 2 heterocycles. The number of phenols is 1. The van der Waals surface area contributed by atoms with Crippen molar-refractivity contribution in [2.75, 3.05) is 34.0 Å². The highest BCUT2D eigenvalue weighted by molar-refractivity contribution is 5.64. The Balaban J connectivity index is 1.70. The summed E-state index contributed by atoms with van der Waals surface area (Å²) in [5.74, 6) is 0.487. The van der Waals surface area contributed by atoms with E-state index in [-0.39, 0.29) is 23.9 Å². The zero-order valence-corrected chi connectivity index (χ0v) is 20.4. The monoisotopic (exact) mass is 520 g/mol. The highest BCUT2D eigenvalue weighted by Gasteiger charge is 2.45. The van der Waals surface area contributed by atoms with Crippen LogP contribution in [0.1, 0.15) is 28.7 Å². The van der Waals surface area contributed by atoms with E-state index in [9.17, 15) is 30.6 Å². The lowest BCUT2D eigenvalue weighted by Crippen LogP contribution is -2.60. The summed E-state index contributed by atoms with van der Waals surface area (Å²) in [5, 5.41) is 60.5. The van der Waals surface area contributed by atoms with Gasteiger partial charge in [0.15, 0.2) is 11.5 Å². The third kappa shape index (κ3) is 5.39. The van der Waals surface area contributed by atoms with E-state index in [4.69, 9.17) is 23.7 Å². The standard InChI is InChI=1S/C26H32O11/c1-33-7-3-4-13-8-19-15(10-18(13)36-26-24(32)23(31)22(30)21(12-28)37-26)16(11-27)25(35-19)14-5-6-17(29)20(9-14)34-2/h3-6,8-10,16,21-32H,7,11-12H2,1-2H3/b4-3+/t16-,21+,22+,23-,24+,25-,26+/m1/s1. The fourth-order valence-corrected chi connectivity index (χ4v) is 4.52. The summed E-state index contributed by atoms with van der Waals surface area (Å²) in [4.78, 5) is 0. The summed E-state index contributed by atoms with van der Waals surface area (Å²) in [7, 11) is 2.98. The van der Waals surface area contributed by atoms with Gasteiger partial charge in [0.1, 0.15) is 42.0 Å². The molecule has 1 saturated heterocycles. The lowest BCUT2D eigenvalue weighted by Gasteiger charge is -2.39. The molecule has 0 saturated carbocycles. The zero-order chi connectivity index (χ0) is 26.7. The molecular formula is C26H32O11. The van der Waals surface area contributed by atoms with E-state index in [0.29, 0.717) is 29.0 Å². The molecule has 0 aromatic heterocycles. The van der Waals surface area contributed by atoms with Gasteiger partial charge in [0.2, 0.25) is 6.29 Å². The first kappa shape index (κ1) is 27.1. The Morgan fingerprint density at radius 3 is 2.41 bits per heavy atom. The van der Waals surface area contributed by atoms with Crippen LogP contribution >= 0.6 is 0 Å². The molecule has 0 bridgehead atoms. The van der Waals surface area contributed by atoms with Crippen LogP contribution < -0.4 is 14.2 Å². The van der Waals surface area contributed by atoms with Gasteiger partial charge in [-0.05, 0) is 29.8 Å². The average molecular weight is 521 g/mol. The Morgan fingerprint density at radius 2 is 1.73 bits per heavy atom. The largest absolute Gasteiger partial charge is 0.504 e. The molecule has 7 atom stereocenters. The number of fused-ring (bicyclic) bond motifs is 1. The number of phenolic OH excluding ortho intramolecular Hbond substituents is 1. The van der Waals surface area contributed by atoms with Crippen molar-refractivity contribution >= 4 is 6.08 Å². The normalized spacial score (nSPS) is 29.2. The molecule has 2 aliphatic rings. The summed E-state index contributed by atoms with van der Waals surface area (Å²) in [5.41, 5.74) is 1.84. The number of ether oxygens (including phenoxy) is 5. The van der Waals surface area contributed by atoms with Crippen LogP contribution in [0, 0.1) is 0 Å². The summed E-state index contributed by atoms with van der Waals surface area (Å²) in [6.07, 6.45) is -4.36. The molecule has 2 aliphatic heterocycles. The van der Waals surface area contributed by atoms with Crippen molar-refractivity contribution < 1.29 is 54.3 Å². The Labute approximate surface area is 213 Å². The predicted molar refractivity (Wildman–Crippen MR) is 130 cm³/mol. The Morgan fingerprint density at radius 1 is 0.946 bits per heavy atom. The van der Waals surface area contributed by atoms with Crippen LogP contribution in [0.3, 0.4) is 0 Å². The molecule has 11 heteroatoms. The quantitative estimate of drug-likeness (QED) is 0.272. The number of hydrogen-bond acceptors (Lipinski definition) is 11. The van der Waals surface area contributed by atoms with Crippen LogP contribution in [0.5, 0.6) is 23.0 Å². The number of benzene rings is 2. The second kappa shape index (κ2) is 11.7. The van der Waals surface area contributed by atoms with Crippen molar-refractivity contribution in [2.24, 2.45) is 0 Å². The molecular weight excluding hydrogens is 488 g/mol. The van der Waals surface area contributed by atoms with Crippen LogP contribution in [-0.2, 0) is 9.47 Å². The van der Waals surface area contributed by atoms with Gasteiger partial charge in [-0.25, -0.2) is 0 Å². The van der Waals surface area contributed by atoms with Crippen molar-refractivity contribution in [3.63, 3.8) is 0 Å². The molecule has 37 heavy (non-hydrogen) atoms. The number of aromatic hydroxyl groups is 1. The number of aliphatic hydroxyl groups excluding tert-OH is 5. The first-order valence-corrected chi connectivity index (χ1v) is 11.8. The predicted octanol–water partition coefficient (Wildman–Crippen LogP) is 0.449. The molecule has 0 unspecified atom stereocenters. The maximum absolute atomic E-state index is 10.5. The van der Waals surface area contributed by atoms with Gasteiger partial charge >= 0.3 is 0 Å². The molecule has 202 valence electrons. The summed E-state index contributed by atoms with van der Waals surface area (Å²) in [6, 6.07) is 8.17. The van der Waals surface area contributed by atoms with Crippen LogP contribution in [0.25, 0.3) is 6.08 Å². The molecule has 2 aromatic rings. The van der Waals surface area contributed by atoms with Crippen LogP contribution in [-0.4, -0.2) is 95.4 Å². The van der Waals surface area contributed by atoms with Gasteiger partial charge in [-0.15, -0.1) is 0 Å². The Hall–Kier alpha value is -2.90. The van der Waals surface area contributed by atoms with E-state index in [0.717, 1.165) is 0 Å². The van der Waals surface area contributed by atoms with E-state index in [1.165, 1.54) is 13.2 Å². The maximum atomic E-state index is 10.5. The molecule has 0 spiro atoms. The van der Waals surface area contributed by atoms with Crippen LogP contribution in [0.15, 0.2) is 36.4 Å². The third-order valence-corrected chi connectivity index (χ3v) is 6.54. The molecule has 0 aliphatic carbocycles. The van der Waals surface area contributed by atoms with Crippen molar-refractivity contribution in [1.29, 1.82) is 0 Å². The van der Waals surface area contributed by atoms with Gasteiger partial charge in [-0.1, -0.05) is 18.2 Å². The Bertz CT molecular complexity index is 1100. The minimum Gasteiger partial charge on any atom is -0.504 e. The minimum absolute atomic E-state index is 0.0249. The molecule has 0 radical (unpaired) electrons. The van der Waals surface area contributed by atoms with Crippen LogP contribution in [0.4, 0.5) is 0 Å². The van der Waals surface area contributed by atoms with E-state index < -0.39 is 49.3 Å². The molecule has 11 nitrogen and oxygen atoms in total. The molecule has 2 aromatic carbocycles. The lowest BCUT2D eigenvalue weighted by molar-refractivity contribution is -0.277. The van der Waals surface area contributed by atoms with Crippen molar-refractivity contribution in [1.82, 2.24) is 0 Å². The van der Waals surface area contributed by atoms with Gasteiger partial charge in [-0.2, -0.15) is 0 Å². The first-order valence-electron chi connectivity index (χ1n) is 11.8. The third-order valence-electron chi connectivity index (χ3n) is 6.54. The van der Waals surface area contributed by atoms with E-state index in [1.54, 1.807) is 43.5 Å². The van der Waals surface area contributed by atoms with Gasteiger partial charge < -0.3 is 54.3 Å². The number of aliphatic hydroxyl groups is 5. The van der Waals surface area contributed by atoms with Gasteiger partial charge in [0, 0.05) is 18.2 Å². The molecule has 6 N–H and O–H groups in total. The second-order valence-electron chi connectivity index (χ2n) is 8.86.